The summed E-state index contributed by atoms with van der Waals surface area (Å²) < 4.78 is 1.02. The normalized spacial score (nSPS) is 6.67. The van der Waals surface area contributed by atoms with Crippen LogP contribution in [-0.4, -0.2) is 20.4 Å². The van der Waals surface area contributed by atoms with E-state index in [1.807, 2.05) is 0 Å². The minimum Gasteiger partial charge on any atom is -0.157 e. The predicted octanol–water partition coefficient (Wildman–Crippen LogP) is 2.14. The van der Waals surface area contributed by atoms with Gasteiger partial charge in [-0.05, 0) is 0 Å². The Morgan fingerprint density at radius 2 is 1.50 bits per heavy atom. The summed E-state index contributed by atoms with van der Waals surface area (Å²) in [6.45, 7) is 4.57. The second kappa shape index (κ2) is 6.25. The van der Waals surface area contributed by atoms with Crippen LogP contribution in [0.1, 0.15) is 13.8 Å². The number of hydrogen-bond acceptors (Lipinski definition) is 0. The molecule has 0 amide bonds. The molecule has 0 saturated heterocycles. The summed E-state index contributed by atoms with van der Waals surface area (Å²) in [6.07, 6.45) is 0. The molecule has 0 rings (SSSR count). The lowest BCUT2D eigenvalue weighted by Crippen LogP contribution is -1.83. The Bertz CT molecular complexity index is 21.5. The molecule has 0 atom stereocenters. The molecule has 6 heavy (non-hydrogen) atoms. The third kappa shape index (κ3) is 8.98. The smallest absolute Gasteiger partial charge is 0.157 e. The summed E-state index contributed by atoms with van der Waals surface area (Å²) >= 11 is 0.349. The van der Waals surface area contributed by atoms with Crippen LogP contribution in [0.4, 0.5) is 0 Å². The molecule has 0 saturated carbocycles. The summed E-state index contributed by atoms with van der Waals surface area (Å²) in [5.74, 6) is 0. The molecule has 0 nitrogen and oxygen atoms in total. The topological polar surface area (TPSA) is 0 Å². The van der Waals surface area contributed by atoms with Crippen LogP contribution in [0.5, 0.6) is 0 Å². The Kier molecular flexibility index (Phi) is 10.7. The van der Waals surface area contributed by atoms with E-state index >= 15 is 0 Å². The molecule has 0 aliphatic heterocycles. The van der Waals surface area contributed by atoms with Gasteiger partial charge in [0, 0.05) is 0 Å². The van der Waals surface area contributed by atoms with Crippen molar-refractivity contribution in [3.8, 4) is 0 Å². The van der Waals surface area contributed by atoms with Gasteiger partial charge >= 0.3 is 20.4 Å². The van der Waals surface area contributed by atoms with Gasteiger partial charge in [0.1, 0.15) is 0 Å². The van der Waals surface area contributed by atoms with Crippen LogP contribution in [0.3, 0.4) is 0 Å². The SMILES string of the molecule is Br.[CH3][Mg][CH](C)C. The highest BCUT2D eigenvalue weighted by Crippen LogP contribution is 1.92. The van der Waals surface area contributed by atoms with Crippen molar-refractivity contribution in [1.82, 2.24) is 0 Å². The molecular formula is C4H11BrMg. The molecule has 2 heteroatoms. The van der Waals surface area contributed by atoms with E-state index in [9.17, 15) is 0 Å². The van der Waals surface area contributed by atoms with E-state index < -0.39 is 0 Å². The Morgan fingerprint density at radius 1 is 1.33 bits per heavy atom. The van der Waals surface area contributed by atoms with Gasteiger partial charge in [0.25, 0.3) is 0 Å². The van der Waals surface area contributed by atoms with E-state index in [1.54, 1.807) is 0 Å². The lowest BCUT2D eigenvalue weighted by Gasteiger charge is -1.87. The Labute approximate surface area is 60.2 Å². The molecule has 0 aliphatic carbocycles. The van der Waals surface area contributed by atoms with Gasteiger partial charge in [0.15, 0.2) is 0 Å². The molecule has 0 heterocycles. The average Bonchev–Trinajstić information content (AvgIpc) is 1.38. The lowest BCUT2D eigenvalue weighted by atomic mass is 10.6. The molecule has 0 bridgehead atoms. The van der Waals surface area contributed by atoms with Crippen molar-refractivity contribution in [1.29, 1.82) is 0 Å². The minimum absolute atomic E-state index is 0. The van der Waals surface area contributed by atoms with E-state index in [0.29, 0.717) is 20.4 Å². The van der Waals surface area contributed by atoms with Crippen LogP contribution in [0.25, 0.3) is 0 Å². The fourth-order valence-corrected chi connectivity index (χ4v) is 0. The molecule has 0 aliphatic rings. The summed E-state index contributed by atoms with van der Waals surface area (Å²) in [5, 5.41) is 2.34. The Morgan fingerprint density at radius 3 is 1.50 bits per heavy atom. The molecule has 0 N–H and O–H groups in total. The van der Waals surface area contributed by atoms with Crippen molar-refractivity contribution in [2.24, 2.45) is 0 Å². The van der Waals surface area contributed by atoms with Crippen molar-refractivity contribution in [2.45, 2.75) is 22.9 Å². The van der Waals surface area contributed by atoms with Gasteiger partial charge in [0.05, 0.1) is 0 Å². The van der Waals surface area contributed by atoms with Gasteiger partial charge in [-0.2, -0.15) is 5.05 Å². The number of halogens is 1. The predicted molar refractivity (Wildman–Crippen MR) is 37.0 cm³/mol. The lowest BCUT2D eigenvalue weighted by molar-refractivity contribution is 1.06. The highest BCUT2D eigenvalue weighted by Gasteiger charge is 1.87. The molecule has 0 radical (unpaired) electrons. The van der Waals surface area contributed by atoms with Crippen molar-refractivity contribution in [3.63, 3.8) is 0 Å². The molecule has 36 valence electrons. The van der Waals surface area contributed by atoms with Gasteiger partial charge < -0.3 is 0 Å². The van der Waals surface area contributed by atoms with Crippen LogP contribution >= 0.6 is 17.0 Å². The van der Waals surface area contributed by atoms with Crippen LogP contribution < -0.4 is 0 Å². The minimum atomic E-state index is 0. The Balaban J connectivity index is 0. The fraction of sp³-hybridized carbons (Fsp3) is 1.00. The van der Waals surface area contributed by atoms with Crippen molar-refractivity contribution < 1.29 is 0 Å². The third-order valence-corrected chi connectivity index (χ3v) is 2.45. The van der Waals surface area contributed by atoms with E-state index in [4.69, 9.17) is 0 Å². The van der Waals surface area contributed by atoms with Crippen LogP contribution in [0.2, 0.25) is 9.10 Å². The molecule has 0 unspecified atom stereocenters. The maximum absolute atomic E-state index is 2.34. The third-order valence-electron chi connectivity index (χ3n) is 0.816. The summed E-state index contributed by atoms with van der Waals surface area (Å²) in [5.41, 5.74) is 0. The molecule has 0 aromatic carbocycles. The van der Waals surface area contributed by atoms with Crippen LogP contribution in [0, 0.1) is 0 Å². The average molecular weight is 163 g/mol. The maximum Gasteiger partial charge on any atom is 0.363 e. The first-order valence-electron chi connectivity index (χ1n) is 2.27. The van der Waals surface area contributed by atoms with Gasteiger partial charge in [-0.15, -0.1) is 21.0 Å². The first kappa shape index (κ1) is 10.3. The van der Waals surface area contributed by atoms with Crippen LogP contribution in [-0.2, 0) is 0 Å². The van der Waals surface area contributed by atoms with E-state index in [0.717, 1.165) is 4.05 Å². The summed E-state index contributed by atoms with van der Waals surface area (Å²) in [4.78, 5) is 0. The van der Waals surface area contributed by atoms with Crippen LogP contribution in [0.15, 0.2) is 0 Å². The van der Waals surface area contributed by atoms with Crippen molar-refractivity contribution in [3.05, 3.63) is 0 Å². The van der Waals surface area contributed by atoms with Gasteiger partial charge in [-0.1, -0.05) is 13.8 Å². The van der Waals surface area contributed by atoms with Gasteiger partial charge in [0.2, 0.25) is 0 Å². The largest absolute Gasteiger partial charge is 0.363 e. The van der Waals surface area contributed by atoms with Gasteiger partial charge in [-0.25, -0.2) is 0 Å². The Hall–Kier alpha value is 1.25. The highest BCUT2D eigenvalue weighted by atomic mass is 79.9. The van der Waals surface area contributed by atoms with Crippen molar-refractivity contribution >= 4 is 37.3 Å². The van der Waals surface area contributed by atoms with E-state index in [2.05, 4.69) is 18.9 Å². The number of rotatable bonds is 1. The summed E-state index contributed by atoms with van der Waals surface area (Å²) in [6, 6.07) is 0. The second-order valence-corrected chi connectivity index (χ2v) is 4.25. The first-order chi connectivity index (χ1) is 2.27. The molecular weight excluding hydrogens is 152 g/mol. The highest BCUT2D eigenvalue weighted by molar-refractivity contribution is 8.93. The van der Waals surface area contributed by atoms with Crippen molar-refractivity contribution in [2.75, 3.05) is 0 Å². The standard InChI is InChI=1S/C3H7.CH3.BrH.Mg/c1-3-2;;;/h3H,1-2H3;1H3;1H;. The zero-order valence-corrected chi connectivity index (χ0v) is 7.82. The molecule has 0 spiro atoms. The molecule has 0 aromatic heterocycles. The monoisotopic (exact) mass is 162 g/mol. The van der Waals surface area contributed by atoms with E-state index in [-0.39, 0.29) is 17.0 Å². The fourth-order valence-electron chi connectivity index (χ4n) is 0. The maximum atomic E-state index is 2.34. The number of hydrogen-bond donors (Lipinski definition) is 0. The molecule has 0 aromatic rings. The molecule has 0 fully saturated rings. The first-order valence-corrected chi connectivity index (χ1v) is 4.50. The zero-order valence-electron chi connectivity index (χ0n) is 4.69. The van der Waals surface area contributed by atoms with E-state index in [1.165, 1.54) is 0 Å². The zero-order chi connectivity index (χ0) is 4.28. The second-order valence-electron chi connectivity index (χ2n) is 1.80. The van der Waals surface area contributed by atoms with Gasteiger partial charge in [-0.3, -0.25) is 0 Å². The quantitative estimate of drug-likeness (QED) is 0.520. The summed E-state index contributed by atoms with van der Waals surface area (Å²) in [7, 11) is 0.